The first-order valence-corrected chi connectivity index (χ1v) is 5.60. The smallest absolute Gasteiger partial charge is 0.0725 e. The summed E-state index contributed by atoms with van der Waals surface area (Å²) in [5.41, 5.74) is 9.45. The average molecular weight is 213 g/mol. The Hall–Kier alpha value is -1.61. The van der Waals surface area contributed by atoms with E-state index < -0.39 is 0 Å². The lowest BCUT2D eigenvalue weighted by atomic mass is 10.0. The number of rotatable bonds is 1. The molecule has 3 rings (SSSR count). The van der Waals surface area contributed by atoms with Crippen LogP contribution in [0.3, 0.4) is 0 Å². The third-order valence-corrected chi connectivity index (χ3v) is 3.20. The van der Waals surface area contributed by atoms with Crippen molar-refractivity contribution in [2.45, 2.75) is 13.0 Å². The van der Waals surface area contributed by atoms with Crippen molar-refractivity contribution in [3.8, 4) is 0 Å². The minimum atomic E-state index is 0.326. The lowest BCUT2D eigenvalue weighted by Gasteiger charge is -2.39. The maximum Gasteiger partial charge on any atom is 0.0725 e. The summed E-state index contributed by atoms with van der Waals surface area (Å²) < 4.78 is 0. The van der Waals surface area contributed by atoms with E-state index >= 15 is 0 Å². The molecule has 0 unspecified atom stereocenters. The highest BCUT2D eigenvalue weighted by atomic mass is 15.2. The Balaban J connectivity index is 2.17. The van der Waals surface area contributed by atoms with Crippen molar-refractivity contribution < 1.29 is 0 Å². The summed E-state index contributed by atoms with van der Waals surface area (Å²) in [6.45, 7) is 4.04. The fraction of sp³-hybridized carbons (Fsp3) is 0.308. The summed E-state index contributed by atoms with van der Waals surface area (Å²) in [6, 6.07) is 8.67. The number of aromatic nitrogens is 1. The quantitative estimate of drug-likeness (QED) is 0.783. The van der Waals surface area contributed by atoms with Gasteiger partial charge in [0.2, 0.25) is 0 Å². The molecule has 1 aliphatic heterocycles. The van der Waals surface area contributed by atoms with E-state index in [9.17, 15) is 0 Å². The van der Waals surface area contributed by atoms with Gasteiger partial charge in [-0.1, -0.05) is 6.07 Å². The van der Waals surface area contributed by atoms with Crippen LogP contribution in [0.2, 0.25) is 0 Å². The summed E-state index contributed by atoms with van der Waals surface area (Å²) in [7, 11) is 0. The topological polar surface area (TPSA) is 42.2 Å². The molecule has 3 heteroatoms. The first-order chi connectivity index (χ1) is 7.75. The Kier molecular flexibility index (Phi) is 2.07. The van der Waals surface area contributed by atoms with Gasteiger partial charge in [0, 0.05) is 36.4 Å². The predicted molar refractivity (Wildman–Crippen MR) is 66.7 cm³/mol. The molecule has 1 aromatic carbocycles. The zero-order chi connectivity index (χ0) is 11.1. The van der Waals surface area contributed by atoms with Gasteiger partial charge in [0.25, 0.3) is 0 Å². The van der Waals surface area contributed by atoms with Crippen LogP contribution in [0.4, 0.5) is 5.69 Å². The summed E-state index contributed by atoms with van der Waals surface area (Å²) in [6.07, 6.45) is 1.86. The van der Waals surface area contributed by atoms with E-state index in [2.05, 4.69) is 41.1 Å². The Bertz CT molecular complexity index is 524. The van der Waals surface area contributed by atoms with Gasteiger partial charge in [-0.2, -0.15) is 0 Å². The zero-order valence-electron chi connectivity index (χ0n) is 9.35. The molecular formula is C13H15N3. The van der Waals surface area contributed by atoms with Gasteiger partial charge in [-0.15, -0.1) is 0 Å². The molecule has 16 heavy (non-hydrogen) atoms. The highest BCUT2D eigenvalue weighted by Gasteiger charge is 2.24. The van der Waals surface area contributed by atoms with E-state index in [1.54, 1.807) is 0 Å². The lowest BCUT2D eigenvalue weighted by molar-refractivity contribution is 0.521. The Morgan fingerprint density at radius 2 is 2.12 bits per heavy atom. The third kappa shape index (κ3) is 1.36. The van der Waals surface area contributed by atoms with E-state index in [1.165, 1.54) is 16.6 Å². The molecule has 2 heterocycles. The van der Waals surface area contributed by atoms with Gasteiger partial charge >= 0.3 is 0 Å². The molecule has 1 aromatic heterocycles. The molecule has 1 saturated heterocycles. The van der Waals surface area contributed by atoms with Crippen LogP contribution >= 0.6 is 0 Å². The van der Waals surface area contributed by atoms with Crippen molar-refractivity contribution in [2.24, 2.45) is 5.73 Å². The van der Waals surface area contributed by atoms with Gasteiger partial charge in [0.15, 0.2) is 0 Å². The summed E-state index contributed by atoms with van der Waals surface area (Å²) >= 11 is 0. The predicted octanol–water partition coefficient (Wildman–Crippen LogP) is 1.69. The SMILES string of the molecule is Cc1ccnc2cccc(N3CC(N)C3)c12. The number of hydrogen-bond donors (Lipinski definition) is 1. The second kappa shape index (κ2) is 3.46. The largest absolute Gasteiger partial charge is 0.368 e. The highest BCUT2D eigenvalue weighted by molar-refractivity contribution is 5.94. The van der Waals surface area contributed by atoms with Crippen LogP contribution in [-0.2, 0) is 0 Å². The molecule has 3 nitrogen and oxygen atoms in total. The molecule has 2 aromatic rings. The number of benzene rings is 1. The summed E-state index contributed by atoms with van der Waals surface area (Å²) in [4.78, 5) is 6.73. The molecule has 1 aliphatic rings. The van der Waals surface area contributed by atoms with Crippen LogP contribution in [0.15, 0.2) is 30.5 Å². The van der Waals surface area contributed by atoms with Gasteiger partial charge in [-0.3, -0.25) is 4.98 Å². The maximum absolute atomic E-state index is 5.83. The second-order valence-corrected chi connectivity index (χ2v) is 4.46. The number of aryl methyl sites for hydroxylation is 1. The Morgan fingerprint density at radius 3 is 2.88 bits per heavy atom. The van der Waals surface area contributed by atoms with Crippen LogP contribution in [-0.4, -0.2) is 24.1 Å². The first kappa shape index (κ1) is 9.60. The van der Waals surface area contributed by atoms with Crippen LogP contribution in [0.1, 0.15) is 5.56 Å². The van der Waals surface area contributed by atoms with Crippen molar-refractivity contribution in [3.63, 3.8) is 0 Å². The van der Waals surface area contributed by atoms with Crippen molar-refractivity contribution in [1.29, 1.82) is 0 Å². The molecular weight excluding hydrogens is 198 g/mol. The lowest BCUT2D eigenvalue weighted by Crippen LogP contribution is -2.55. The number of nitrogens with zero attached hydrogens (tertiary/aromatic N) is 2. The molecule has 2 N–H and O–H groups in total. The monoisotopic (exact) mass is 213 g/mol. The number of fused-ring (bicyclic) bond motifs is 1. The average Bonchev–Trinajstić information content (AvgIpc) is 2.25. The molecule has 0 saturated carbocycles. The Labute approximate surface area is 94.9 Å². The fourth-order valence-corrected chi connectivity index (χ4v) is 2.33. The van der Waals surface area contributed by atoms with Gasteiger partial charge < -0.3 is 10.6 Å². The molecule has 0 spiro atoms. The summed E-state index contributed by atoms with van der Waals surface area (Å²) in [5, 5.41) is 1.26. The number of anilines is 1. The second-order valence-electron chi connectivity index (χ2n) is 4.46. The first-order valence-electron chi connectivity index (χ1n) is 5.60. The summed E-state index contributed by atoms with van der Waals surface area (Å²) in [5.74, 6) is 0. The minimum Gasteiger partial charge on any atom is -0.368 e. The number of nitrogens with two attached hydrogens (primary N) is 1. The minimum absolute atomic E-state index is 0.326. The maximum atomic E-state index is 5.83. The van der Waals surface area contributed by atoms with Gasteiger partial charge in [-0.05, 0) is 30.7 Å². The van der Waals surface area contributed by atoms with Crippen molar-refractivity contribution in [2.75, 3.05) is 18.0 Å². The highest BCUT2D eigenvalue weighted by Crippen LogP contribution is 2.30. The van der Waals surface area contributed by atoms with Gasteiger partial charge in [-0.25, -0.2) is 0 Å². The van der Waals surface area contributed by atoms with Crippen molar-refractivity contribution >= 4 is 16.6 Å². The normalized spacial score (nSPS) is 16.5. The van der Waals surface area contributed by atoms with Crippen molar-refractivity contribution in [3.05, 3.63) is 36.0 Å². The zero-order valence-corrected chi connectivity index (χ0v) is 9.35. The van der Waals surface area contributed by atoms with E-state index in [1.807, 2.05) is 6.20 Å². The molecule has 0 atom stereocenters. The van der Waals surface area contributed by atoms with E-state index in [0.717, 1.165) is 18.6 Å². The van der Waals surface area contributed by atoms with Crippen molar-refractivity contribution in [1.82, 2.24) is 4.98 Å². The van der Waals surface area contributed by atoms with E-state index in [0.29, 0.717) is 6.04 Å². The number of pyridine rings is 1. The van der Waals surface area contributed by atoms with E-state index in [-0.39, 0.29) is 0 Å². The molecule has 0 aliphatic carbocycles. The number of hydrogen-bond acceptors (Lipinski definition) is 3. The van der Waals surface area contributed by atoms with Crippen LogP contribution in [0.25, 0.3) is 10.9 Å². The molecule has 82 valence electrons. The molecule has 0 bridgehead atoms. The molecule has 0 amide bonds. The van der Waals surface area contributed by atoms with E-state index in [4.69, 9.17) is 5.73 Å². The molecule has 0 radical (unpaired) electrons. The molecule has 1 fully saturated rings. The van der Waals surface area contributed by atoms with Crippen LogP contribution < -0.4 is 10.6 Å². The van der Waals surface area contributed by atoms with Crippen LogP contribution in [0, 0.1) is 6.92 Å². The Morgan fingerprint density at radius 1 is 1.31 bits per heavy atom. The third-order valence-electron chi connectivity index (χ3n) is 3.20. The van der Waals surface area contributed by atoms with Gasteiger partial charge in [0.1, 0.15) is 0 Å². The fourth-order valence-electron chi connectivity index (χ4n) is 2.33. The van der Waals surface area contributed by atoms with Crippen LogP contribution in [0.5, 0.6) is 0 Å². The van der Waals surface area contributed by atoms with Gasteiger partial charge in [0.05, 0.1) is 5.52 Å². The standard InChI is InChI=1S/C13H15N3/c1-9-5-6-15-11-3-2-4-12(13(9)11)16-7-10(14)8-16/h2-6,10H,7-8,14H2,1H3.